The Hall–Kier alpha value is -0.530. The fourth-order valence-electron chi connectivity index (χ4n) is 4.52. The predicted molar refractivity (Wildman–Crippen MR) is 208 cm³/mol. The van der Waals surface area contributed by atoms with Gasteiger partial charge in [0.25, 0.3) is 20.2 Å². The van der Waals surface area contributed by atoms with Gasteiger partial charge in [-0.3, -0.25) is 22.4 Å². The number of aromatic hydroxyl groups is 1. The maximum atomic E-state index is 12.5. The molecule has 0 aromatic heterocycles. The first-order valence-electron chi connectivity index (χ1n) is 15.5. The fourth-order valence-corrected chi connectivity index (χ4v) is 8.87. The third-order valence-corrected chi connectivity index (χ3v) is 13.1. The Balaban J connectivity index is 0.00000443. The summed E-state index contributed by atoms with van der Waals surface area (Å²) in [5.74, 6) is 0.146. The molecule has 1 unspecified atom stereocenters. The second-order valence-corrected chi connectivity index (χ2v) is 20.4. The Kier molecular flexibility index (Phi) is 22.1. The van der Waals surface area contributed by atoms with Crippen molar-refractivity contribution in [2.24, 2.45) is 20.5 Å². The van der Waals surface area contributed by atoms with Crippen LogP contribution in [0.25, 0.3) is 10.8 Å². The first-order chi connectivity index (χ1) is 26.6. The van der Waals surface area contributed by atoms with E-state index in [0.717, 1.165) is 48.5 Å². The van der Waals surface area contributed by atoms with Crippen LogP contribution in [0.3, 0.4) is 0 Å². The van der Waals surface area contributed by atoms with Crippen LogP contribution < -0.4 is 64.8 Å². The fraction of sp³-hybridized carbons (Fsp3) is 0.148. The molecule has 1 atom stereocenters. The number of benzene rings is 4. The Morgan fingerprint density at radius 2 is 0.967 bits per heavy atom. The molecule has 4 rings (SSSR count). The molecule has 0 saturated carbocycles. The molecule has 0 saturated heterocycles. The molecule has 0 fully saturated rings. The molecule has 306 valence electrons. The second-order valence-electron chi connectivity index (χ2n) is 10.9. The number of sulfone groups is 2. The Morgan fingerprint density at radius 3 is 1.33 bits per heavy atom. The van der Waals surface area contributed by atoms with E-state index in [1.54, 1.807) is 0 Å². The van der Waals surface area contributed by atoms with E-state index in [2.05, 4.69) is 34.7 Å². The predicted octanol–water partition coefficient (Wildman–Crippen LogP) is -3.81. The van der Waals surface area contributed by atoms with E-state index in [9.17, 15) is 60.5 Å². The summed E-state index contributed by atoms with van der Waals surface area (Å²) in [7, 11) is -27.5. The summed E-state index contributed by atoms with van der Waals surface area (Å²) in [5.41, 5.74) is 3.42. The zero-order chi connectivity index (χ0) is 44.1. The van der Waals surface area contributed by atoms with Crippen LogP contribution in [0.15, 0.2) is 101 Å². The molecule has 7 N–H and O–H groups in total. The average Bonchev–Trinajstić information content (AvgIpc) is 3.09. The normalized spacial score (nSPS) is 13.6. The average molecular weight is 994 g/mol. The van der Waals surface area contributed by atoms with Gasteiger partial charge in [0.2, 0.25) is 0 Å². The van der Waals surface area contributed by atoms with Crippen LogP contribution in [0.2, 0.25) is 0 Å². The summed E-state index contributed by atoms with van der Waals surface area (Å²) in [5, 5.41) is 25.1. The monoisotopic (exact) mass is 993 g/mol. The molecule has 0 spiro atoms. The Bertz CT molecular complexity index is 2760. The molecule has 0 aliphatic rings. The molecule has 4 aromatic rings. The van der Waals surface area contributed by atoms with Crippen molar-refractivity contribution in [3.05, 3.63) is 60.7 Å². The maximum absolute atomic E-state index is 12.5. The van der Waals surface area contributed by atoms with Crippen LogP contribution in [0.4, 0.5) is 28.4 Å². The summed E-state index contributed by atoms with van der Waals surface area (Å²) < 4.78 is 178. The van der Waals surface area contributed by atoms with Crippen molar-refractivity contribution >= 4 is 149 Å². The number of nitrogens with two attached hydrogens (primary N) is 1. The molecule has 33 heteroatoms. The molecular formula is C27H27N5Na4O18S6+2. The molecule has 0 heterocycles. The summed E-state index contributed by atoms with van der Waals surface area (Å²) in [6.45, 7) is -1.57. The number of hydrogen-bond acceptors (Lipinski definition) is 19. The number of phenols is 1. The van der Waals surface area contributed by atoms with Crippen LogP contribution in [0.1, 0.15) is 0 Å². The summed E-state index contributed by atoms with van der Waals surface area (Å²) in [4.78, 5) is -2.81. The van der Waals surface area contributed by atoms with Crippen molar-refractivity contribution in [3.63, 3.8) is 0 Å². The number of nitrogen functional groups attached to an aromatic ring is 1. The number of phenolic OH excluding ortho intramolecular Hbond substituents is 1. The molecule has 0 aliphatic heterocycles. The summed E-state index contributed by atoms with van der Waals surface area (Å²) in [6.07, 6.45) is 0. The van der Waals surface area contributed by atoms with Gasteiger partial charge in [0.1, 0.15) is 21.2 Å². The van der Waals surface area contributed by atoms with Crippen LogP contribution in [0, 0.1) is 0 Å². The van der Waals surface area contributed by atoms with Gasteiger partial charge in [0, 0.05) is 5.87 Å². The van der Waals surface area contributed by atoms with Gasteiger partial charge in [0.05, 0.1) is 57.0 Å². The number of azo groups is 2. The topological polar surface area (TPSA) is 383 Å². The van der Waals surface area contributed by atoms with Crippen molar-refractivity contribution in [2.75, 3.05) is 30.5 Å². The molecular weight excluding hydrogens is 967 g/mol. The minimum absolute atomic E-state index is 0. The van der Waals surface area contributed by atoms with Crippen molar-refractivity contribution in [2.45, 2.75) is 19.6 Å². The SMILES string of the molecule is C=S(=O)(O)OCCS(=O)(=O)c1ccc(N=Nc2c(S(=O)(=O)O)cc3cc(S(=O)(=O)O)c(N=Nc4ccc(S(=O)(=O)CCOS(=O)(=O)O)cc4)c(O)c3c2N)cc1.[Na+].[Na+].[Na][Na]. The molecule has 4 aromatic carbocycles. The number of nitrogens with zero attached hydrogens (tertiary/aromatic N) is 4. The van der Waals surface area contributed by atoms with Gasteiger partial charge in [0.15, 0.2) is 35.5 Å². The molecule has 0 amide bonds. The van der Waals surface area contributed by atoms with E-state index in [4.69, 9.17) is 14.8 Å². The minimum atomic E-state index is -5.28. The van der Waals surface area contributed by atoms with Gasteiger partial charge in [-0.05, 0) is 66.0 Å². The van der Waals surface area contributed by atoms with Gasteiger partial charge in [-0.1, -0.05) is 0 Å². The zero-order valence-electron chi connectivity index (χ0n) is 31.7. The van der Waals surface area contributed by atoms with Gasteiger partial charge in [-0.2, -0.15) is 35.5 Å². The first-order valence-corrected chi connectivity index (χ1v) is 32.7. The first kappa shape index (κ1) is 57.5. The van der Waals surface area contributed by atoms with E-state index in [1.165, 1.54) is 43.6 Å². The Labute approximate surface area is 417 Å². The van der Waals surface area contributed by atoms with Gasteiger partial charge in [-0.15, -0.1) is 10.2 Å². The molecule has 23 nitrogen and oxygen atoms in total. The molecule has 60 heavy (non-hydrogen) atoms. The third kappa shape index (κ3) is 16.5. The number of rotatable bonds is 16. The number of hydrogen-bond donors (Lipinski definition) is 6. The van der Waals surface area contributed by atoms with E-state index < -0.39 is 128 Å². The summed E-state index contributed by atoms with van der Waals surface area (Å²) in [6, 6.07) is 9.75. The molecule has 0 aliphatic carbocycles. The Morgan fingerprint density at radius 1 is 0.600 bits per heavy atom. The zero-order valence-corrected chi connectivity index (χ0v) is 44.6. The van der Waals surface area contributed by atoms with E-state index in [1.807, 2.05) is 0 Å². The van der Waals surface area contributed by atoms with Crippen molar-refractivity contribution in [3.8, 4) is 5.75 Å². The van der Waals surface area contributed by atoms with Crippen LogP contribution >= 0.6 is 0 Å². The molecule has 0 radical (unpaired) electrons. The van der Waals surface area contributed by atoms with E-state index in [-0.39, 0.29) is 80.3 Å². The van der Waals surface area contributed by atoms with Crippen LogP contribution in [0.5, 0.6) is 5.75 Å². The van der Waals surface area contributed by atoms with Crippen LogP contribution in [-0.4, -0.2) is 144 Å². The number of anilines is 1. The van der Waals surface area contributed by atoms with Gasteiger partial charge in [-0.25, -0.2) is 25.2 Å². The van der Waals surface area contributed by atoms with E-state index in [0.29, 0.717) is 12.1 Å². The standard InChI is InChI=1S/C27H27N5O18S6.4Na/c1-51(34,35)49-10-12-52(36,37)19-6-2-17(3-7-19)29-31-25-21(54(40,41)42)14-16-15-22(55(43,44)45)26(27(33)23(16)24(25)28)32-30-18-4-8-20(9-5-18)53(38,39)13-11-50-56(46,47)48;;;;/h2-9,14-15,33H,1,10-13,28H2,(H,34,35)(H,40,41,42)(H,43,44,45)(H,46,47,48);;;;/q;;;2*+1. The quantitative estimate of drug-likeness (QED) is 0.0206. The van der Waals surface area contributed by atoms with Crippen molar-refractivity contribution in [1.29, 1.82) is 0 Å². The summed E-state index contributed by atoms with van der Waals surface area (Å²) >= 11 is 2.89. The molecule has 0 bridgehead atoms. The van der Waals surface area contributed by atoms with Gasteiger partial charge >= 0.3 is 113 Å². The van der Waals surface area contributed by atoms with E-state index >= 15 is 0 Å². The number of fused-ring (bicyclic) bond motifs is 1. The second kappa shape index (κ2) is 23.1. The third-order valence-electron chi connectivity index (χ3n) is 7.00. The van der Waals surface area contributed by atoms with Crippen LogP contribution in [-0.2, 0) is 68.8 Å². The van der Waals surface area contributed by atoms with Crippen molar-refractivity contribution in [1.82, 2.24) is 0 Å². The van der Waals surface area contributed by atoms with Gasteiger partial charge < -0.3 is 10.8 Å². The van der Waals surface area contributed by atoms with Crippen molar-refractivity contribution < 1.29 is 137 Å².